The SMILES string of the molecule is O=C(Nc1nc(-c2cccc(Br)c2)cs1)c1ccccc1Br. The molecule has 22 heavy (non-hydrogen) atoms. The maximum Gasteiger partial charge on any atom is 0.258 e. The summed E-state index contributed by atoms with van der Waals surface area (Å²) in [6.07, 6.45) is 0. The number of thiazole rings is 1. The van der Waals surface area contributed by atoms with Gasteiger partial charge in [0, 0.05) is 19.9 Å². The smallest absolute Gasteiger partial charge is 0.258 e. The summed E-state index contributed by atoms with van der Waals surface area (Å²) in [5, 5.41) is 5.34. The number of amides is 1. The molecular weight excluding hydrogens is 428 g/mol. The summed E-state index contributed by atoms with van der Waals surface area (Å²) < 4.78 is 1.76. The van der Waals surface area contributed by atoms with Crippen LogP contribution in [0.25, 0.3) is 11.3 Å². The fourth-order valence-corrected chi connectivity index (χ4v) is 3.50. The maximum atomic E-state index is 12.3. The Labute approximate surface area is 148 Å². The van der Waals surface area contributed by atoms with Gasteiger partial charge in [0.25, 0.3) is 5.91 Å². The largest absolute Gasteiger partial charge is 0.298 e. The number of aromatic nitrogens is 1. The van der Waals surface area contributed by atoms with Crippen molar-refractivity contribution in [3.05, 3.63) is 68.4 Å². The minimum atomic E-state index is -0.178. The minimum Gasteiger partial charge on any atom is -0.298 e. The number of nitrogens with one attached hydrogen (secondary N) is 1. The number of benzene rings is 2. The molecule has 3 nitrogen and oxygen atoms in total. The molecule has 6 heteroatoms. The number of hydrogen-bond donors (Lipinski definition) is 1. The van der Waals surface area contributed by atoms with Gasteiger partial charge < -0.3 is 0 Å². The molecule has 0 atom stereocenters. The zero-order valence-corrected chi connectivity index (χ0v) is 15.2. The number of carbonyl (C=O) groups is 1. The molecule has 0 bridgehead atoms. The summed E-state index contributed by atoms with van der Waals surface area (Å²) in [6.45, 7) is 0. The van der Waals surface area contributed by atoms with Gasteiger partial charge >= 0.3 is 0 Å². The van der Waals surface area contributed by atoms with Crippen molar-refractivity contribution in [1.29, 1.82) is 0 Å². The maximum absolute atomic E-state index is 12.3. The summed E-state index contributed by atoms with van der Waals surface area (Å²) in [5.41, 5.74) is 2.43. The van der Waals surface area contributed by atoms with Crippen LogP contribution < -0.4 is 5.32 Å². The first-order valence-corrected chi connectivity index (χ1v) is 8.87. The van der Waals surface area contributed by atoms with Crippen molar-refractivity contribution in [1.82, 2.24) is 4.98 Å². The van der Waals surface area contributed by atoms with E-state index in [1.807, 2.05) is 47.8 Å². The van der Waals surface area contributed by atoms with Crippen LogP contribution in [0, 0.1) is 0 Å². The van der Waals surface area contributed by atoms with Crippen LogP contribution in [-0.2, 0) is 0 Å². The molecule has 2 aromatic carbocycles. The van der Waals surface area contributed by atoms with Gasteiger partial charge in [-0.05, 0) is 40.2 Å². The Balaban J connectivity index is 1.80. The van der Waals surface area contributed by atoms with Crippen LogP contribution in [0.2, 0.25) is 0 Å². The predicted molar refractivity (Wildman–Crippen MR) is 97.3 cm³/mol. The topological polar surface area (TPSA) is 42.0 Å². The second-order valence-corrected chi connectivity index (χ2v) is 7.11. The van der Waals surface area contributed by atoms with Crippen LogP contribution in [0.3, 0.4) is 0 Å². The summed E-state index contributed by atoms with van der Waals surface area (Å²) >= 11 is 8.23. The molecule has 3 rings (SSSR count). The number of halogens is 2. The van der Waals surface area contributed by atoms with Crippen molar-refractivity contribution in [2.75, 3.05) is 5.32 Å². The molecule has 0 unspecified atom stereocenters. The Morgan fingerprint density at radius 2 is 1.91 bits per heavy atom. The fourth-order valence-electron chi connectivity index (χ4n) is 1.92. The first kappa shape index (κ1) is 15.4. The Morgan fingerprint density at radius 1 is 1.09 bits per heavy atom. The van der Waals surface area contributed by atoms with Gasteiger partial charge in [-0.25, -0.2) is 4.98 Å². The molecule has 1 heterocycles. The Bertz CT molecular complexity index is 832. The first-order chi connectivity index (χ1) is 10.6. The highest BCUT2D eigenvalue weighted by Gasteiger charge is 2.12. The molecule has 3 aromatic rings. The summed E-state index contributed by atoms with van der Waals surface area (Å²) in [5.74, 6) is -0.178. The van der Waals surface area contributed by atoms with Crippen molar-refractivity contribution < 1.29 is 4.79 Å². The van der Waals surface area contributed by atoms with Crippen LogP contribution in [-0.4, -0.2) is 10.9 Å². The average Bonchev–Trinajstić information content (AvgIpc) is 2.96. The molecule has 0 aliphatic heterocycles. The highest BCUT2D eigenvalue weighted by molar-refractivity contribution is 9.10. The van der Waals surface area contributed by atoms with Gasteiger partial charge in [-0.15, -0.1) is 11.3 Å². The van der Waals surface area contributed by atoms with Crippen LogP contribution in [0.4, 0.5) is 5.13 Å². The molecule has 0 spiro atoms. The molecule has 0 radical (unpaired) electrons. The van der Waals surface area contributed by atoms with E-state index in [4.69, 9.17) is 0 Å². The average molecular weight is 438 g/mol. The minimum absolute atomic E-state index is 0.178. The van der Waals surface area contributed by atoms with Gasteiger partial charge in [0.05, 0.1) is 11.3 Å². The third kappa shape index (κ3) is 3.45. The van der Waals surface area contributed by atoms with E-state index >= 15 is 0 Å². The lowest BCUT2D eigenvalue weighted by molar-refractivity contribution is 0.102. The lowest BCUT2D eigenvalue weighted by Gasteiger charge is -2.03. The zero-order valence-electron chi connectivity index (χ0n) is 11.2. The quantitative estimate of drug-likeness (QED) is 0.580. The lowest BCUT2D eigenvalue weighted by Crippen LogP contribution is -2.12. The molecule has 1 amide bonds. The van der Waals surface area contributed by atoms with Crippen LogP contribution in [0.1, 0.15) is 10.4 Å². The summed E-state index contributed by atoms with van der Waals surface area (Å²) in [7, 11) is 0. The van der Waals surface area contributed by atoms with Crippen molar-refractivity contribution in [2.24, 2.45) is 0 Å². The van der Waals surface area contributed by atoms with Crippen LogP contribution in [0.15, 0.2) is 62.9 Å². The van der Waals surface area contributed by atoms with Gasteiger partial charge in [-0.2, -0.15) is 0 Å². The van der Waals surface area contributed by atoms with Crippen molar-refractivity contribution in [3.8, 4) is 11.3 Å². The normalized spacial score (nSPS) is 10.5. The second kappa shape index (κ2) is 6.73. The number of carbonyl (C=O) groups excluding carboxylic acids is 1. The first-order valence-electron chi connectivity index (χ1n) is 6.41. The fraction of sp³-hybridized carbons (Fsp3) is 0. The van der Waals surface area contributed by atoms with Gasteiger partial charge in [-0.3, -0.25) is 10.1 Å². The number of hydrogen-bond acceptors (Lipinski definition) is 3. The third-order valence-corrected chi connectivity index (χ3v) is 4.91. The highest BCUT2D eigenvalue weighted by atomic mass is 79.9. The van der Waals surface area contributed by atoms with E-state index in [-0.39, 0.29) is 5.91 Å². The predicted octanol–water partition coefficient (Wildman–Crippen LogP) is 5.59. The molecule has 0 fully saturated rings. The van der Waals surface area contributed by atoms with Crippen molar-refractivity contribution in [2.45, 2.75) is 0 Å². The molecule has 0 aliphatic rings. The Kier molecular flexibility index (Phi) is 4.71. The molecule has 1 aromatic heterocycles. The Morgan fingerprint density at radius 3 is 2.68 bits per heavy atom. The monoisotopic (exact) mass is 436 g/mol. The zero-order chi connectivity index (χ0) is 15.5. The van der Waals surface area contributed by atoms with Gasteiger partial charge in [0.15, 0.2) is 5.13 Å². The van der Waals surface area contributed by atoms with E-state index in [1.54, 1.807) is 6.07 Å². The number of nitrogens with zero attached hydrogens (tertiary/aromatic N) is 1. The van der Waals surface area contributed by atoms with Crippen LogP contribution in [0.5, 0.6) is 0 Å². The van der Waals surface area contributed by atoms with Gasteiger partial charge in [0.2, 0.25) is 0 Å². The van der Waals surface area contributed by atoms with Gasteiger partial charge in [0.1, 0.15) is 0 Å². The van der Waals surface area contributed by atoms with E-state index in [0.717, 1.165) is 20.2 Å². The van der Waals surface area contributed by atoms with Crippen molar-refractivity contribution in [3.63, 3.8) is 0 Å². The number of anilines is 1. The summed E-state index contributed by atoms with van der Waals surface area (Å²) in [6, 6.07) is 15.2. The Hall–Kier alpha value is -1.50. The lowest BCUT2D eigenvalue weighted by atomic mass is 10.2. The third-order valence-electron chi connectivity index (χ3n) is 2.96. The van der Waals surface area contributed by atoms with E-state index in [1.165, 1.54) is 11.3 Å². The molecule has 1 N–H and O–H groups in total. The molecule has 0 aliphatic carbocycles. The standard InChI is InChI=1S/C16H10Br2N2OS/c17-11-5-3-4-10(8-11)14-9-22-16(19-14)20-15(21)12-6-1-2-7-13(12)18/h1-9H,(H,19,20,21). The molecule has 110 valence electrons. The second-order valence-electron chi connectivity index (χ2n) is 4.48. The highest BCUT2D eigenvalue weighted by Crippen LogP contribution is 2.27. The van der Waals surface area contributed by atoms with E-state index in [0.29, 0.717) is 10.7 Å². The molecule has 0 saturated carbocycles. The molecule has 0 saturated heterocycles. The van der Waals surface area contributed by atoms with Gasteiger partial charge in [-0.1, -0.05) is 40.2 Å². The van der Waals surface area contributed by atoms with Crippen molar-refractivity contribution >= 4 is 54.2 Å². The van der Waals surface area contributed by atoms with E-state index in [9.17, 15) is 4.79 Å². The number of rotatable bonds is 3. The van der Waals surface area contributed by atoms with E-state index in [2.05, 4.69) is 42.2 Å². The van der Waals surface area contributed by atoms with Crippen LogP contribution >= 0.6 is 43.2 Å². The van der Waals surface area contributed by atoms with E-state index < -0.39 is 0 Å². The molecular formula is C16H10Br2N2OS. The summed E-state index contributed by atoms with van der Waals surface area (Å²) in [4.78, 5) is 16.7.